The van der Waals surface area contributed by atoms with Gasteiger partial charge in [-0.3, -0.25) is 0 Å². The minimum Gasteiger partial charge on any atom is -0.166 e. The molecule has 0 aliphatic carbocycles. The van der Waals surface area contributed by atoms with E-state index in [-0.39, 0.29) is 0 Å². The van der Waals surface area contributed by atoms with E-state index in [1.807, 2.05) is 72.8 Å². The molecule has 0 aromatic heterocycles. The van der Waals surface area contributed by atoms with Crippen molar-refractivity contribution in [2.75, 3.05) is 0 Å². The average molecular weight is 575 g/mol. The van der Waals surface area contributed by atoms with Crippen LogP contribution in [0.5, 0.6) is 0 Å². The summed E-state index contributed by atoms with van der Waals surface area (Å²) >= 11 is 0. The first-order valence-electron chi connectivity index (χ1n) is 14.6. The van der Waals surface area contributed by atoms with Crippen molar-refractivity contribution in [3.05, 3.63) is 157 Å². The molecule has 0 heterocycles. The molecule has 0 amide bonds. The van der Waals surface area contributed by atoms with Gasteiger partial charge in [0, 0.05) is 0 Å². The van der Waals surface area contributed by atoms with Crippen molar-refractivity contribution >= 4 is 43.1 Å². The third-order valence-corrected chi connectivity index (χ3v) is 8.67. The van der Waals surface area contributed by atoms with Gasteiger partial charge in [0.25, 0.3) is 0 Å². The summed E-state index contributed by atoms with van der Waals surface area (Å²) in [6, 6.07) is 49.4. The summed E-state index contributed by atoms with van der Waals surface area (Å²) in [5.41, 5.74) is 5.17. The molecule has 0 bridgehead atoms. The average Bonchev–Trinajstić information content (AvgIpc) is 3.06. The van der Waals surface area contributed by atoms with Crippen LogP contribution >= 0.6 is 0 Å². The summed E-state index contributed by atoms with van der Waals surface area (Å²) in [5.74, 6) is 0. The maximum Gasteiger partial charge on any atom is 0.416 e. The van der Waals surface area contributed by atoms with Gasteiger partial charge in [0.2, 0.25) is 0 Å². The monoisotopic (exact) mass is 574 g/mol. The third-order valence-electron chi connectivity index (χ3n) is 8.67. The van der Waals surface area contributed by atoms with Crippen LogP contribution in [0.15, 0.2) is 152 Å². The summed E-state index contributed by atoms with van der Waals surface area (Å²) in [6.07, 6.45) is -4.46. The lowest BCUT2D eigenvalue weighted by Crippen LogP contribution is -2.05. The van der Waals surface area contributed by atoms with E-state index in [0.717, 1.165) is 60.3 Å². The van der Waals surface area contributed by atoms with Gasteiger partial charge < -0.3 is 0 Å². The van der Waals surface area contributed by atoms with E-state index in [1.165, 1.54) is 22.9 Å². The van der Waals surface area contributed by atoms with Crippen molar-refractivity contribution < 1.29 is 13.2 Å². The molecule has 0 saturated carbocycles. The highest BCUT2D eigenvalue weighted by molar-refractivity contribution is 6.23. The molecule has 0 aliphatic heterocycles. The number of hydrogen-bond acceptors (Lipinski definition) is 0. The van der Waals surface area contributed by atoms with E-state index in [0.29, 0.717) is 5.39 Å². The fraction of sp³-hybridized carbons (Fsp3) is 0.0244. The Hall–Kier alpha value is -5.41. The molecule has 0 atom stereocenters. The largest absolute Gasteiger partial charge is 0.416 e. The van der Waals surface area contributed by atoms with Gasteiger partial charge >= 0.3 is 6.18 Å². The van der Waals surface area contributed by atoms with Crippen molar-refractivity contribution in [3.63, 3.8) is 0 Å². The Morgan fingerprint density at radius 2 is 0.909 bits per heavy atom. The maximum atomic E-state index is 14.1. The molecule has 8 aromatic carbocycles. The van der Waals surface area contributed by atoms with Crippen LogP contribution < -0.4 is 0 Å². The smallest absolute Gasteiger partial charge is 0.166 e. The summed E-state index contributed by atoms with van der Waals surface area (Å²) < 4.78 is 42.4. The molecular weight excluding hydrogens is 549 g/mol. The number of benzene rings is 8. The summed E-state index contributed by atoms with van der Waals surface area (Å²) in [4.78, 5) is 0. The van der Waals surface area contributed by atoms with Crippen molar-refractivity contribution in [2.24, 2.45) is 0 Å². The molecule has 0 unspecified atom stereocenters. The second-order valence-electron chi connectivity index (χ2n) is 11.2. The maximum absolute atomic E-state index is 14.1. The van der Waals surface area contributed by atoms with Crippen molar-refractivity contribution in [1.82, 2.24) is 0 Å². The van der Waals surface area contributed by atoms with E-state index in [1.54, 1.807) is 6.07 Å². The lowest BCUT2D eigenvalue weighted by atomic mass is 9.84. The van der Waals surface area contributed by atoms with Gasteiger partial charge in [-0.1, -0.05) is 133 Å². The van der Waals surface area contributed by atoms with E-state index < -0.39 is 11.7 Å². The molecule has 0 nitrogen and oxygen atoms in total. The van der Waals surface area contributed by atoms with Crippen molar-refractivity contribution in [3.8, 4) is 33.4 Å². The topological polar surface area (TPSA) is 0 Å². The van der Waals surface area contributed by atoms with Crippen LogP contribution in [-0.4, -0.2) is 0 Å². The number of halogens is 3. The van der Waals surface area contributed by atoms with Crippen LogP contribution in [0.25, 0.3) is 76.5 Å². The third kappa shape index (κ3) is 4.32. The Morgan fingerprint density at radius 3 is 1.66 bits per heavy atom. The second-order valence-corrected chi connectivity index (χ2v) is 11.2. The van der Waals surface area contributed by atoms with E-state index in [4.69, 9.17) is 0 Å². The van der Waals surface area contributed by atoms with Gasteiger partial charge in [0.05, 0.1) is 5.56 Å². The summed E-state index contributed by atoms with van der Waals surface area (Å²) in [7, 11) is 0. The van der Waals surface area contributed by atoms with Crippen molar-refractivity contribution in [1.29, 1.82) is 0 Å². The number of fused-ring (bicyclic) bond motifs is 4. The van der Waals surface area contributed by atoms with Gasteiger partial charge in [0.1, 0.15) is 0 Å². The second kappa shape index (κ2) is 10.1. The van der Waals surface area contributed by atoms with Crippen LogP contribution in [0.1, 0.15) is 5.56 Å². The van der Waals surface area contributed by atoms with Crippen LogP contribution in [0.4, 0.5) is 13.2 Å². The quantitative estimate of drug-likeness (QED) is 0.184. The molecule has 8 rings (SSSR count). The van der Waals surface area contributed by atoms with E-state index >= 15 is 0 Å². The summed E-state index contributed by atoms with van der Waals surface area (Å²) in [5, 5.41) is 7.71. The fourth-order valence-corrected chi connectivity index (χ4v) is 6.60. The normalized spacial score (nSPS) is 12.0. The predicted octanol–water partition coefficient (Wildman–Crippen LogP) is 12.3. The van der Waals surface area contributed by atoms with Gasteiger partial charge in [-0.25, -0.2) is 0 Å². The van der Waals surface area contributed by atoms with Gasteiger partial charge in [0.15, 0.2) is 0 Å². The first kappa shape index (κ1) is 26.2. The molecule has 0 aliphatic rings. The Bertz CT molecular complexity index is 2360. The zero-order chi connectivity index (χ0) is 29.8. The lowest BCUT2D eigenvalue weighted by Gasteiger charge is -2.20. The van der Waals surface area contributed by atoms with Crippen LogP contribution in [0, 0.1) is 0 Å². The van der Waals surface area contributed by atoms with Crippen molar-refractivity contribution in [2.45, 2.75) is 6.18 Å². The molecule has 44 heavy (non-hydrogen) atoms. The van der Waals surface area contributed by atoms with Crippen LogP contribution in [-0.2, 0) is 6.18 Å². The standard InChI is InChI=1S/C41H25F3/c42-41(43,44)32-22-23-37-38(25-32)40(34-15-7-11-28-9-3-4-12-33(28)34)36-14-6-5-13-35(36)39(37)29-19-16-27(17-20-29)31-21-18-26-8-1-2-10-30(26)24-31/h1-25H. The molecule has 8 aromatic rings. The highest BCUT2D eigenvalue weighted by Crippen LogP contribution is 2.47. The zero-order valence-corrected chi connectivity index (χ0v) is 23.6. The molecule has 0 saturated heterocycles. The minimum atomic E-state index is -4.46. The van der Waals surface area contributed by atoms with Crippen LogP contribution in [0.3, 0.4) is 0 Å². The number of alkyl halides is 3. The Kier molecular flexibility index (Phi) is 6.02. The molecule has 210 valence electrons. The predicted molar refractivity (Wildman–Crippen MR) is 178 cm³/mol. The highest BCUT2D eigenvalue weighted by Gasteiger charge is 2.31. The zero-order valence-electron chi connectivity index (χ0n) is 23.6. The van der Waals surface area contributed by atoms with E-state index in [2.05, 4.69) is 60.7 Å². The Labute approximate surface area is 252 Å². The fourth-order valence-electron chi connectivity index (χ4n) is 6.60. The molecule has 0 fully saturated rings. The molecule has 0 N–H and O–H groups in total. The van der Waals surface area contributed by atoms with Gasteiger partial charge in [-0.2, -0.15) is 13.2 Å². The highest BCUT2D eigenvalue weighted by atomic mass is 19.4. The molecule has 0 spiro atoms. The molecule has 3 heteroatoms. The van der Waals surface area contributed by atoms with Gasteiger partial charge in [-0.05, 0) is 94.7 Å². The SMILES string of the molecule is FC(F)(F)c1ccc2c(-c3ccc(-c4ccc5ccccc5c4)cc3)c3ccccc3c(-c3cccc4ccccc34)c2c1. The van der Waals surface area contributed by atoms with Crippen LogP contribution in [0.2, 0.25) is 0 Å². The first-order chi connectivity index (χ1) is 21.5. The lowest BCUT2D eigenvalue weighted by molar-refractivity contribution is -0.137. The number of rotatable bonds is 3. The minimum absolute atomic E-state index is 0.587. The summed E-state index contributed by atoms with van der Waals surface area (Å²) in [6.45, 7) is 0. The number of hydrogen-bond donors (Lipinski definition) is 0. The van der Waals surface area contributed by atoms with E-state index in [9.17, 15) is 13.2 Å². The first-order valence-corrected chi connectivity index (χ1v) is 14.6. The molecule has 0 radical (unpaired) electrons. The Balaban J connectivity index is 1.40. The van der Waals surface area contributed by atoms with Gasteiger partial charge in [-0.15, -0.1) is 0 Å². The molecular formula is C41H25F3. The Morgan fingerprint density at radius 1 is 0.341 bits per heavy atom.